The highest BCUT2D eigenvalue weighted by molar-refractivity contribution is 5.86. The Morgan fingerprint density at radius 2 is 1.83 bits per heavy atom. The quantitative estimate of drug-likeness (QED) is 0.775. The van der Waals surface area contributed by atoms with Crippen LogP contribution in [0.15, 0.2) is 30.3 Å². The normalized spacial score (nSPS) is 11.9. The molecule has 0 aliphatic carbocycles. The molecule has 0 amide bonds. The van der Waals surface area contributed by atoms with Gasteiger partial charge in [-0.2, -0.15) is 18.3 Å². The average molecular weight is 335 g/mol. The highest BCUT2D eigenvalue weighted by atomic mass is 19.4. The van der Waals surface area contributed by atoms with Crippen molar-refractivity contribution in [2.75, 3.05) is 0 Å². The van der Waals surface area contributed by atoms with E-state index in [-0.39, 0.29) is 11.3 Å². The third-order valence-electron chi connectivity index (χ3n) is 3.74. The van der Waals surface area contributed by atoms with E-state index in [4.69, 9.17) is 5.11 Å². The number of carbonyl (C=O) groups is 1. The fourth-order valence-electron chi connectivity index (χ4n) is 2.33. The zero-order valence-electron chi connectivity index (χ0n) is 12.7. The minimum absolute atomic E-state index is 0.106. The Kier molecular flexibility index (Phi) is 3.55. The van der Waals surface area contributed by atoms with Crippen molar-refractivity contribution in [3.05, 3.63) is 52.8 Å². The second-order valence-corrected chi connectivity index (χ2v) is 5.43. The summed E-state index contributed by atoms with van der Waals surface area (Å²) in [4.78, 5) is 15.1. The van der Waals surface area contributed by atoms with E-state index in [0.717, 1.165) is 23.3 Å². The molecule has 24 heavy (non-hydrogen) atoms. The molecule has 0 aliphatic rings. The third kappa shape index (κ3) is 2.70. The van der Waals surface area contributed by atoms with Crippen LogP contribution in [0.5, 0.6) is 0 Å². The van der Waals surface area contributed by atoms with Crippen molar-refractivity contribution in [1.82, 2.24) is 14.6 Å². The van der Waals surface area contributed by atoms with Gasteiger partial charge in [-0.05, 0) is 37.1 Å². The molecule has 124 valence electrons. The van der Waals surface area contributed by atoms with Gasteiger partial charge in [0.25, 0.3) is 0 Å². The Morgan fingerprint density at radius 3 is 2.42 bits per heavy atom. The summed E-state index contributed by atoms with van der Waals surface area (Å²) in [5, 5.41) is 12.4. The lowest BCUT2D eigenvalue weighted by molar-refractivity contribution is -0.142. The molecular formula is C16H12F3N3O2. The van der Waals surface area contributed by atoms with E-state index < -0.39 is 23.5 Å². The maximum atomic E-state index is 13.3. The lowest BCUT2D eigenvalue weighted by Crippen LogP contribution is -2.14. The summed E-state index contributed by atoms with van der Waals surface area (Å²) >= 11 is 0. The minimum Gasteiger partial charge on any atom is -0.476 e. The predicted octanol–water partition coefficient (Wildman–Crippen LogP) is 3.73. The van der Waals surface area contributed by atoms with Crippen LogP contribution >= 0.6 is 0 Å². The zero-order chi connectivity index (χ0) is 17.6. The van der Waals surface area contributed by atoms with Gasteiger partial charge < -0.3 is 5.11 Å². The van der Waals surface area contributed by atoms with E-state index in [1.807, 2.05) is 13.8 Å². The van der Waals surface area contributed by atoms with Crippen molar-refractivity contribution < 1.29 is 23.1 Å². The molecule has 3 aromatic rings. The first-order valence-electron chi connectivity index (χ1n) is 6.96. The lowest BCUT2D eigenvalue weighted by Gasteiger charge is -2.11. The molecule has 0 atom stereocenters. The van der Waals surface area contributed by atoms with Gasteiger partial charge in [0.05, 0.1) is 5.69 Å². The van der Waals surface area contributed by atoms with Gasteiger partial charge in [0.2, 0.25) is 0 Å². The van der Waals surface area contributed by atoms with Crippen LogP contribution < -0.4 is 0 Å². The number of hydrogen-bond donors (Lipinski definition) is 1. The number of aromatic nitrogens is 3. The number of nitrogens with zero attached hydrogens (tertiary/aromatic N) is 3. The van der Waals surface area contributed by atoms with Crippen LogP contribution in [-0.4, -0.2) is 25.7 Å². The zero-order valence-corrected chi connectivity index (χ0v) is 12.7. The van der Waals surface area contributed by atoms with Gasteiger partial charge in [-0.1, -0.05) is 12.1 Å². The Labute approximate surface area is 134 Å². The van der Waals surface area contributed by atoms with Crippen molar-refractivity contribution in [3.8, 4) is 11.3 Å². The number of carboxylic acid groups (broad SMARTS) is 1. The van der Waals surface area contributed by atoms with Crippen molar-refractivity contribution in [1.29, 1.82) is 0 Å². The van der Waals surface area contributed by atoms with Gasteiger partial charge in [-0.25, -0.2) is 14.3 Å². The predicted molar refractivity (Wildman–Crippen MR) is 79.9 cm³/mol. The highest BCUT2D eigenvalue weighted by Gasteiger charge is 2.35. The molecule has 3 rings (SSSR count). The molecule has 0 saturated heterocycles. The topological polar surface area (TPSA) is 67.5 Å². The monoisotopic (exact) mass is 335 g/mol. The molecule has 0 radical (unpaired) electrons. The maximum absolute atomic E-state index is 13.3. The second-order valence-electron chi connectivity index (χ2n) is 5.43. The molecule has 0 fully saturated rings. The molecule has 0 aliphatic heterocycles. The number of benzene rings is 1. The van der Waals surface area contributed by atoms with Crippen molar-refractivity contribution >= 4 is 11.6 Å². The number of carboxylic acids is 1. The fourth-order valence-corrected chi connectivity index (χ4v) is 2.33. The van der Waals surface area contributed by atoms with Crippen LogP contribution in [0.25, 0.3) is 16.9 Å². The van der Waals surface area contributed by atoms with Gasteiger partial charge in [-0.15, -0.1) is 0 Å². The first-order valence-corrected chi connectivity index (χ1v) is 6.96. The summed E-state index contributed by atoms with van der Waals surface area (Å²) < 4.78 is 40.5. The standard InChI is InChI=1S/C16H12F3N3O2/c1-8-3-4-10(5-9(8)2)11-6-13(16(17,18)19)22-14(20-11)7-12(21-22)15(23)24/h3-7H,1-2H3,(H,23,24). The fraction of sp³-hybridized carbons (Fsp3) is 0.188. The SMILES string of the molecule is Cc1ccc(-c2cc(C(F)(F)F)n3nc(C(=O)O)cc3n2)cc1C. The molecular weight excluding hydrogens is 323 g/mol. The van der Waals surface area contributed by atoms with Gasteiger partial charge in [0.15, 0.2) is 17.0 Å². The molecule has 0 bridgehead atoms. The number of aromatic carboxylic acids is 1. The molecule has 1 N–H and O–H groups in total. The largest absolute Gasteiger partial charge is 0.476 e. The van der Waals surface area contributed by atoms with Crippen LogP contribution in [0.2, 0.25) is 0 Å². The third-order valence-corrected chi connectivity index (χ3v) is 3.74. The van der Waals surface area contributed by atoms with E-state index >= 15 is 0 Å². The summed E-state index contributed by atoms with van der Waals surface area (Å²) in [5.41, 5.74) is 0.809. The molecule has 1 aromatic carbocycles. The van der Waals surface area contributed by atoms with E-state index in [1.165, 1.54) is 0 Å². The molecule has 2 heterocycles. The highest BCUT2D eigenvalue weighted by Crippen LogP contribution is 2.32. The van der Waals surface area contributed by atoms with Crippen molar-refractivity contribution in [2.24, 2.45) is 0 Å². The number of rotatable bonds is 2. The molecule has 5 nitrogen and oxygen atoms in total. The number of fused-ring (bicyclic) bond motifs is 1. The van der Waals surface area contributed by atoms with Gasteiger partial charge in [-0.3, -0.25) is 0 Å². The first-order chi connectivity index (χ1) is 11.2. The maximum Gasteiger partial charge on any atom is 0.433 e. The van der Waals surface area contributed by atoms with Crippen LogP contribution in [0, 0.1) is 13.8 Å². The van der Waals surface area contributed by atoms with Crippen molar-refractivity contribution in [3.63, 3.8) is 0 Å². The summed E-state index contributed by atoms with van der Waals surface area (Å²) in [6, 6.07) is 7.10. The Hall–Kier alpha value is -2.90. The van der Waals surface area contributed by atoms with E-state index in [9.17, 15) is 18.0 Å². The van der Waals surface area contributed by atoms with Crippen LogP contribution in [0.4, 0.5) is 13.2 Å². The molecule has 8 heteroatoms. The molecule has 0 saturated carbocycles. The summed E-state index contributed by atoms with van der Waals surface area (Å²) in [7, 11) is 0. The number of hydrogen-bond acceptors (Lipinski definition) is 3. The van der Waals surface area contributed by atoms with Gasteiger partial charge in [0.1, 0.15) is 0 Å². The van der Waals surface area contributed by atoms with Crippen LogP contribution in [0.3, 0.4) is 0 Å². The van der Waals surface area contributed by atoms with E-state index in [1.54, 1.807) is 18.2 Å². The summed E-state index contributed by atoms with van der Waals surface area (Å²) in [5.74, 6) is -1.42. The summed E-state index contributed by atoms with van der Waals surface area (Å²) in [6.45, 7) is 3.75. The second kappa shape index (κ2) is 5.33. The molecule has 0 unspecified atom stereocenters. The molecule has 0 spiro atoms. The van der Waals surface area contributed by atoms with Crippen molar-refractivity contribution in [2.45, 2.75) is 20.0 Å². The minimum atomic E-state index is -4.70. The average Bonchev–Trinajstić information content (AvgIpc) is 2.92. The lowest BCUT2D eigenvalue weighted by atomic mass is 10.0. The Bertz CT molecular complexity index is 961. The Balaban J connectivity index is 2.29. The van der Waals surface area contributed by atoms with Crippen LogP contribution in [0.1, 0.15) is 27.3 Å². The number of aryl methyl sites for hydroxylation is 2. The van der Waals surface area contributed by atoms with Gasteiger partial charge >= 0.3 is 12.1 Å². The first kappa shape index (κ1) is 16.0. The molecule has 2 aromatic heterocycles. The van der Waals surface area contributed by atoms with E-state index in [0.29, 0.717) is 10.1 Å². The number of alkyl halides is 3. The van der Waals surface area contributed by atoms with Crippen LogP contribution in [-0.2, 0) is 6.18 Å². The Morgan fingerprint density at radius 1 is 1.12 bits per heavy atom. The number of halogens is 3. The van der Waals surface area contributed by atoms with Gasteiger partial charge in [0, 0.05) is 11.6 Å². The smallest absolute Gasteiger partial charge is 0.433 e. The summed E-state index contributed by atoms with van der Waals surface area (Å²) in [6.07, 6.45) is -4.70. The van der Waals surface area contributed by atoms with E-state index in [2.05, 4.69) is 10.1 Å².